The number of fused-ring (bicyclic) bond motifs is 18. The maximum absolute atomic E-state index is 2.48. The van der Waals surface area contributed by atoms with E-state index in [4.69, 9.17) is 0 Å². The van der Waals surface area contributed by atoms with E-state index in [0.717, 1.165) is 0 Å². The summed E-state index contributed by atoms with van der Waals surface area (Å²) in [6, 6.07) is 109. The van der Waals surface area contributed by atoms with Crippen molar-refractivity contribution in [2.45, 2.75) is 19.3 Å². The van der Waals surface area contributed by atoms with Crippen molar-refractivity contribution in [3.05, 3.63) is 347 Å². The van der Waals surface area contributed by atoms with Crippen LogP contribution >= 0.6 is 0 Å². The minimum absolute atomic E-state index is 0.505. The highest BCUT2D eigenvalue weighted by atomic mass is 15.0. The van der Waals surface area contributed by atoms with E-state index in [1.807, 2.05) is 0 Å². The Kier molecular flexibility index (Phi) is 11.4. The molecule has 2 aromatic heterocycles. The summed E-state index contributed by atoms with van der Waals surface area (Å²) in [5.41, 5.74) is 29.3. The smallest absolute Gasteiger partial charge is 0.0725 e. The molecule has 14 aromatic carbocycles. The van der Waals surface area contributed by atoms with Gasteiger partial charge in [0.25, 0.3) is 0 Å². The third kappa shape index (κ3) is 7.76. The van der Waals surface area contributed by atoms with Crippen LogP contribution in [0.2, 0.25) is 0 Å². The Labute approximate surface area is 517 Å². The fourth-order valence-electron chi connectivity index (χ4n) is 15.4. The summed E-state index contributed by atoms with van der Waals surface area (Å²) in [7, 11) is 0. The lowest BCUT2D eigenvalue weighted by atomic mass is 9.70. The lowest BCUT2D eigenvalue weighted by molar-refractivity contribution is 0.793. The van der Waals surface area contributed by atoms with Crippen molar-refractivity contribution in [2.75, 3.05) is 0 Å². The zero-order chi connectivity index (χ0) is 58.9. The van der Waals surface area contributed by atoms with Gasteiger partial charge in [-0.25, -0.2) is 0 Å². The van der Waals surface area contributed by atoms with E-state index in [9.17, 15) is 0 Å². The molecule has 0 radical (unpaired) electrons. The average molecular weight is 1130 g/mol. The molecule has 2 heteroatoms. The Morgan fingerprint density at radius 2 is 0.607 bits per heavy atom. The highest BCUT2D eigenvalue weighted by Gasteiger charge is 2.51. The van der Waals surface area contributed by atoms with Gasteiger partial charge in [-0.05, 0) is 197 Å². The van der Waals surface area contributed by atoms with Gasteiger partial charge in [-0.1, -0.05) is 254 Å². The van der Waals surface area contributed by atoms with E-state index in [1.54, 1.807) is 0 Å². The van der Waals surface area contributed by atoms with Crippen molar-refractivity contribution in [1.29, 1.82) is 0 Å². The van der Waals surface area contributed by atoms with Crippen LogP contribution < -0.4 is 0 Å². The summed E-state index contributed by atoms with van der Waals surface area (Å²) < 4.78 is 4.80. The SMILES string of the molecule is Cc1ccc(-n2c3ccccc3c3cc(-c4ccc(C=Cc5ccc6c(c5)C5(c7ccccc7-c7ccccc75)c5cc(C=Cc7ccc(-c8ccc9c(c8)c8ccccc8n9-c8ccc(C)cc8)c8ccccc78)ccc5-6)c5ccccc45)ccc32)cc1. The molecular weight excluding hydrogens is 1070 g/mol. The molecule has 16 aromatic rings. The first-order valence-electron chi connectivity index (χ1n) is 31.0. The largest absolute Gasteiger partial charge is 0.309 e. The molecule has 0 aliphatic heterocycles. The fourth-order valence-corrected chi connectivity index (χ4v) is 15.4. The lowest BCUT2D eigenvalue weighted by Crippen LogP contribution is -2.26. The normalized spacial score (nSPS) is 13.1. The summed E-state index contributed by atoms with van der Waals surface area (Å²) >= 11 is 0. The van der Waals surface area contributed by atoms with Crippen LogP contribution in [0.15, 0.2) is 291 Å². The molecule has 89 heavy (non-hydrogen) atoms. The van der Waals surface area contributed by atoms with Gasteiger partial charge in [0.05, 0.1) is 27.5 Å². The van der Waals surface area contributed by atoms with E-state index in [2.05, 4.69) is 338 Å². The van der Waals surface area contributed by atoms with Gasteiger partial charge in [0.1, 0.15) is 0 Å². The first kappa shape index (κ1) is 51.0. The van der Waals surface area contributed by atoms with Crippen LogP contribution in [0.25, 0.3) is 145 Å². The number of rotatable bonds is 8. The van der Waals surface area contributed by atoms with Gasteiger partial charge in [0.2, 0.25) is 0 Å². The monoisotopic (exact) mass is 1130 g/mol. The average Bonchev–Trinajstić information content (AvgIpc) is 1.52. The van der Waals surface area contributed by atoms with E-state index >= 15 is 0 Å². The fraction of sp³-hybridized carbons (Fsp3) is 0.0345. The summed E-state index contributed by atoms with van der Waals surface area (Å²) in [6.45, 7) is 4.29. The minimum atomic E-state index is -0.505. The van der Waals surface area contributed by atoms with Gasteiger partial charge in [0, 0.05) is 32.9 Å². The maximum atomic E-state index is 2.48. The molecule has 0 amide bonds. The molecule has 2 aliphatic carbocycles. The number of aryl methyl sites for hydroxylation is 2. The van der Waals surface area contributed by atoms with Crippen LogP contribution in [0.4, 0.5) is 0 Å². The van der Waals surface area contributed by atoms with E-state index in [-0.39, 0.29) is 0 Å². The summed E-state index contributed by atoms with van der Waals surface area (Å²) in [5, 5.41) is 9.95. The first-order valence-corrected chi connectivity index (χ1v) is 31.0. The van der Waals surface area contributed by atoms with Crippen molar-refractivity contribution < 1.29 is 0 Å². The predicted octanol–water partition coefficient (Wildman–Crippen LogP) is 22.8. The molecule has 0 unspecified atom stereocenters. The van der Waals surface area contributed by atoms with Crippen LogP contribution in [-0.4, -0.2) is 9.13 Å². The molecule has 0 atom stereocenters. The highest BCUT2D eigenvalue weighted by molar-refractivity contribution is 6.14. The van der Waals surface area contributed by atoms with Crippen molar-refractivity contribution >= 4 is 89.5 Å². The number of para-hydroxylation sites is 2. The minimum Gasteiger partial charge on any atom is -0.309 e. The second-order valence-corrected chi connectivity index (χ2v) is 24.5. The summed E-state index contributed by atoms with van der Waals surface area (Å²) in [5.74, 6) is 0. The standard InChI is InChI=1S/C87H58N2/c1-55-27-41-63(42-28-55)88-83-25-13-9-21-75(83)77-53-61(39-49-85(77)88)67-47-37-59(65-15-3-5-17-69(65)67)35-31-57-33-45-73-74-46-34-58(52-82(74)87(81(73)51-57)79-23-11-7-19-71(79)72-20-8-12-24-80(72)87)32-36-60-38-48-68(70-18-6-4-16-66(60)70)62-40-50-86-78(54-62)76-22-10-14-26-84(76)89(86)64-43-29-56(2)30-44-64/h3-54H,1-2H3. The van der Waals surface area contributed by atoms with Gasteiger partial charge >= 0.3 is 0 Å². The molecule has 416 valence electrons. The topological polar surface area (TPSA) is 9.86 Å². The predicted molar refractivity (Wildman–Crippen MR) is 378 cm³/mol. The molecule has 0 saturated heterocycles. The van der Waals surface area contributed by atoms with E-state index in [0.29, 0.717) is 0 Å². The number of nitrogens with zero attached hydrogens (tertiary/aromatic N) is 2. The molecule has 0 fully saturated rings. The second kappa shape index (κ2) is 19.9. The number of benzene rings is 14. The van der Waals surface area contributed by atoms with Crippen molar-refractivity contribution in [1.82, 2.24) is 9.13 Å². The van der Waals surface area contributed by atoms with Crippen LogP contribution in [0, 0.1) is 13.8 Å². The first-order chi connectivity index (χ1) is 43.9. The summed E-state index contributed by atoms with van der Waals surface area (Å²) in [6.07, 6.45) is 9.29. The molecule has 2 aliphatic rings. The molecule has 18 rings (SSSR count). The summed E-state index contributed by atoms with van der Waals surface area (Å²) in [4.78, 5) is 0. The number of hydrogen-bond donors (Lipinski definition) is 0. The second-order valence-electron chi connectivity index (χ2n) is 24.5. The van der Waals surface area contributed by atoms with E-state index < -0.39 is 5.41 Å². The van der Waals surface area contributed by atoms with Gasteiger partial charge < -0.3 is 9.13 Å². The van der Waals surface area contributed by atoms with Crippen LogP contribution in [0.3, 0.4) is 0 Å². The molecule has 0 saturated carbocycles. The Morgan fingerprint density at radius 1 is 0.247 bits per heavy atom. The van der Waals surface area contributed by atoms with Crippen molar-refractivity contribution in [2.24, 2.45) is 0 Å². The molecular formula is C87H58N2. The van der Waals surface area contributed by atoms with Crippen molar-refractivity contribution in [3.8, 4) is 55.9 Å². The number of aromatic nitrogens is 2. The van der Waals surface area contributed by atoms with Crippen LogP contribution in [-0.2, 0) is 5.41 Å². The van der Waals surface area contributed by atoms with E-state index in [1.165, 1.54) is 177 Å². The Morgan fingerprint density at radius 3 is 1.06 bits per heavy atom. The van der Waals surface area contributed by atoms with Gasteiger partial charge in [-0.2, -0.15) is 0 Å². The van der Waals surface area contributed by atoms with Gasteiger partial charge in [0.15, 0.2) is 0 Å². The lowest BCUT2D eigenvalue weighted by Gasteiger charge is -2.30. The molecule has 2 nitrogen and oxygen atoms in total. The highest BCUT2D eigenvalue weighted by Crippen LogP contribution is 2.63. The van der Waals surface area contributed by atoms with Crippen LogP contribution in [0.1, 0.15) is 55.6 Å². The Balaban J connectivity index is 0.705. The number of hydrogen-bond acceptors (Lipinski definition) is 0. The third-order valence-corrected chi connectivity index (χ3v) is 19.5. The molecule has 0 bridgehead atoms. The Bertz CT molecular complexity index is 5330. The Hall–Kier alpha value is -11.3. The van der Waals surface area contributed by atoms with Crippen molar-refractivity contribution in [3.63, 3.8) is 0 Å². The zero-order valence-corrected chi connectivity index (χ0v) is 49.4. The third-order valence-electron chi connectivity index (χ3n) is 19.5. The van der Waals surface area contributed by atoms with Crippen LogP contribution in [0.5, 0.6) is 0 Å². The molecule has 1 spiro atoms. The quantitative estimate of drug-likeness (QED) is 0.134. The van der Waals surface area contributed by atoms with Gasteiger partial charge in [-0.3, -0.25) is 0 Å². The zero-order valence-electron chi connectivity index (χ0n) is 49.4. The maximum Gasteiger partial charge on any atom is 0.0725 e. The van der Waals surface area contributed by atoms with Gasteiger partial charge in [-0.15, -0.1) is 0 Å². The molecule has 2 heterocycles. The molecule has 0 N–H and O–H groups in total.